The van der Waals surface area contributed by atoms with E-state index < -0.39 is 23.9 Å². The van der Waals surface area contributed by atoms with Crippen molar-refractivity contribution in [3.05, 3.63) is 133 Å². The molecule has 14 heteroatoms. The zero-order chi connectivity index (χ0) is 42.4. The molecule has 1 aromatic heterocycles. The molecule has 0 aliphatic heterocycles. The van der Waals surface area contributed by atoms with E-state index in [1.807, 2.05) is 24.3 Å². The summed E-state index contributed by atoms with van der Waals surface area (Å²) in [6.45, 7) is 8.46. The maximum Gasteiger partial charge on any atom is 0.343 e. The lowest BCUT2D eigenvalue weighted by Gasteiger charge is -2.12. The molecule has 0 saturated heterocycles. The smallest absolute Gasteiger partial charge is 0.343 e. The van der Waals surface area contributed by atoms with Gasteiger partial charge in [0.15, 0.2) is 11.5 Å². The van der Waals surface area contributed by atoms with Gasteiger partial charge in [-0.15, -0.1) is 0 Å². The van der Waals surface area contributed by atoms with Gasteiger partial charge in [-0.1, -0.05) is 36.6 Å². The number of esters is 4. The van der Waals surface area contributed by atoms with E-state index in [9.17, 15) is 19.2 Å². The first-order valence-electron chi connectivity index (χ1n) is 19.6. The highest BCUT2D eigenvalue weighted by atomic mass is 32.1. The maximum atomic E-state index is 13.4. The van der Waals surface area contributed by atoms with Crippen molar-refractivity contribution in [3.8, 4) is 23.0 Å². The number of ether oxygens (including phenoxy) is 6. The van der Waals surface area contributed by atoms with Gasteiger partial charge in [0.2, 0.25) is 5.13 Å². The summed E-state index contributed by atoms with van der Waals surface area (Å²) in [7, 11) is 0. The number of carbonyl (C=O) groups is 4. The van der Waals surface area contributed by atoms with Gasteiger partial charge in [0.05, 0.1) is 54.0 Å². The summed E-state index contributed by atoms with van der Waals surface area (Å²) in [5.74, 6) is -0.938. The number of nitrogens with one attached hydrogen (secondary N) is 1. The van der Waals surface area contributed by atoms with E-state index in [0.29, 0.717) is 48.6 Å². The highest BCUT2D eigenvalue weighted by Gasteiger charge is 2.18. The van der Waals surface area contributed by atoms with Crippen LogP contribution in [0, 0.1) is 0 Å². The number of carbonyl (C=O) groups excluding carboxylic acids is 4. The zero-order valence-corrected chi connectivity index (χ0v) is 34.0. The SMILES string of the molecule is C=CC(=O)OCCCCCCOc1ccc(C(=O)Oc2ccc(/C=N/Nc3nc4ccccc4s3)cc2OC(=O)c2ccc(OCCCCCCOC(=O)C=C)cc2)cc1. The fraction of sp³-hybridized carbons (Fsp3) is 0.261. The number of nitrogens with zero attached hydrogens (tertiary/aromatic N) is 2. The number of benzene rings is 4. The average Bonchev–Trinajstić information content (AvgIpc) is 3.69. The van der Waals surface area contributed by atoms with Crippen LogP contribution in [0.4, 0.5) is 5.13 Å². The minimum Gasteiger partial charge on any atom is -0.494 e. The molecule has 0 saturated carbocycles. The van der Waals surface area contributed by atoms with Crippen LogP contribution in [0.1, 0.15) is 77.6 Å². The van der Waals surface area contributed by atoms with E-state index in [1.165, 1.54) is 17.4 Å². The van der Waals surface area contributed by atoms with E-state index in [1.54, 1.807) is 66.9 Å². The van der Waals surface area contributed by atoms with Crippen LogP contribution in [-0.2, 0) is 19.1 Å². The van der Waals surface area contributed by atoms with Crippen LogP contribution >= 0.6 is 11.3 Å². The Labute approximate surface area is 352 Å². The fourth-order valence-corrected chi connectivity index (χ4v) is 6.32. The normalized spacial score (nSPS) is 10.8. The average molecular weight is 834 g/mol. The van der Waals surface area contributed by atoms with Gasteiger partial charge in [0, 0.05) is 12.2 Å². The molecule has 0 fully saturated rings. The van der Waals surface area contributed by atoms with Crippen LogP contribution in [-0.4, -0.2) is 61.5 Å². The number of hydrogen-bond donors (Lipinski definition) is 1. The quantitative estimate of drug-likeness (QED) is 0.0148. The summed E-state index contributed by atoms with van der Waals surface area (Å²) >= 11 is 1.46. The zero-order valence-electron chi connectivity index (χ0n) is 33.2. The molecule has 0 bridgehead atoms. The van der Waals surface area contributed by atoms with E-state index in [-0.39, 0.29) is 22.6 Å². The number of hydrogen-bond acceptors (Lipinski definition) is 14. The molecule has 0 amide bonds. The molecule has 1 heterocycles. The largest absolute Gasteiger partial charge is 0.494 e. The number of rotatable bonds is 25. The van der Waals surface area contributed by atoms with Gasteiger partial charge in [-0.3, -0.25) is 5.43 Å². The Morgan fingerprint density at radius 3 is 1.67 bits per heavy atom. The Kier molecular flexibility index (Phi) is 17.9. The van der Waals surface area contributed by atoms with Crippen molar-refractivity contribution in [1.82, 2.24) is 4.98 Å². The van der Waals surface area contributed by atoms with Crippen LogP contribution in [0.15, 0.2) is 121 Å². The van der Waals surface area contributed by atoms with Crippen molar-refractivity contribution in [2.75, 3.05) is 31.9 Å². The predicted octanol–water partition coefficient (Wildman–Crippen LogP) is 9.52. The van der Waals surface area contributed by atoms with Gasteiger partial charge in [-0.2, -0.15) is 5.10 Å². The fourth-order valence-electron chi connectivity index (χ4n) is 5.50. The molecule has 4 aromatic carbocycles. The summed E-state index contributed by atoms with van der Waals surface area (Å²) in [6, 6.07) is 25.6. The first-order chi connectivity index (χ1) is 29.3. The second-order valence-electron chi connectivity index (χ2n) is 13.2. The van der Waals surface area contributed by atoms with Gasteiger partial charge in [0.1, 0.15) is 11.5 Å². The van der Waals surface area contributed by atoms with Crippen molar-refractivity contribution in [2.45, 2.75) is 51.4 Å². The first-order valence-corrected chi connectivity index (χ1v) is 20.4. The molecule has 0 radical (unpaired) electrons. The molecule has 5 rings (SSSR count). The van der Waals surface area contributed by atoms with Crippen LogP contribution in [0.2, 0.25) is 0 Å². The summed E-state index contributed by atoms with van der Waals surface area (Å²) in [5.41, 5.74) is 4.88. The highest BCUT2D eigenvalue weighted by Crippen LogP contribution is 2.31. The molecule has 0 spiro atoms. The van der Waals surface area contributed by atoms with Gasteiger partial charge in [0.25, 0.3) is 0 Å². The monoisotopic (exact) mass is 833 g/mol. The third-order valence-corrected chi connectivity index (χ3v) is 9.60. The third-order valence-electron chi connectivity index (χ3n) is 8.66. The maximum absolute atomic E-state index is 13.4. The Morgan fingerprint density at radius 2 is 1.13 bits per heavy atom. The van der Waals surface area contributed by atoms with Crippen molar-refractivity contribution in [1.29, 1.82) is 0 Å². The Balaban J connectivity index is 1.17. The minimum absolute atomic E-state index is 0.00990. The molecule has 312 valence electrons. The molecule has 5 aromatic rings. The number of unbranched alkanes of at least 4 members (excludes halogenated alkanes) is 6. The number of hydrazone groups is 1. The van der Waals surface area contributed by atoms with Crippen LogP contribution < -0.4 is 24.4 Å². The van der Waals surface area contributed by atoms with Gasteiger partial charge < -0.3 is 28.4 Å². The lowest BCUT2D eigenvalue weighted by Crippen LogP contribution is -2.13. The van der Waals surface area contributed by atoms with E-state index in [2.05, 4.69) is 28.7 Å². The highest BCUT2D eigenvalue weighted by molar-refractivity contribution is 7.22. The molecule has 0 atom stereocenters. The standard InChI is InChI=1S/C46H47N3O10S/c1-3-42(50)56-29-13-7-5-11-27-54-36-22-18-34(19-23-36)44(52)58-39-26-17-33(32-47-49-46-48-38-15-9-10-16-41(38)60-46)31-40(39)59-45(53)35-20-24-37(25-21-35)55-28-12-6-8-14-30-57-43(51)4-2/h3-4,9-10,15-26,31-32H,1-2,5-8,11-14,27-30H2,(H,48,49)/b47-32+. The molecule has 0 aliphatic rings. The lowest BCUT2D eigenvalue weighted by molar-refractivity contribution is -0.138. The second-order valence-corrected chi connectivity index (χ2v) is 14.2. The van der Waals surface area contributed by atoms with Gasteiger partial charge >= 0.3 is 23.9 Å². The van der Waals surface area contributed by atoms with Crippen molar-refractivity contribution in [3.63, 3.8) is 0 Å². The van der Waals surface area contributed by atoms with Gasteiger partial charge in [-0.05, 0) is 136 Å². The van der Waals surface area contributed by atoms with Crippen LogP contribution in [0.3, 0.4) is 0 Å². The number of thiazole rings is 1. The van der Waals surface area contributed by atoms with Crippen LogP contribution in [0.5, 0.6) is 23.0 Å². The van der Waals surface area contributed by atoms with E-state index >= 15 is 0 Å². The number of para-hydroxylation sites is 1. The van der Waals surface area contributed by atoms with Crippen LogP contribution in [0.25, 0.3) is 10.2 Å². The molecule has 13 nitrogen and oxygen atoms in total. The predicted molar refractivity (Wildman–Crippen MR) is 230 cm³/mol. The Bertz CT molecular complexity index is 2200. The number of fused-ring (bicyclic) bond motifs is 1. The summed E-state index contributed by atoms with van der Waals surface area (Å²) in [6.07, 6.45) is 10.6. The second kappa shape index (κ2) is 24.2. The van der Waals surface area contributed by atoms with Gasteiger partial charge in [-0.25, -0.2) is 24.2 Å². The third kappa shape index (κ3) is 14.9. The Hall–Kier alpha value is -6.80. The van der Waals surface area contributed by atoms with Crippen molar-refractivity contribution < 1.29 is 47.6 Å². The van der Waals surface area contributed by atoms with Crippen molar-refractivity contribution >= 4 is 56.8 Å². The van der Waals surface area contributed by atoms with E-state index in [4.69, 9.17) is 28.4 Å². The van der Waals surface area contributed by atoms with Crippen molar-refractivity contribution in [2.24, 2.45) is 5.10 Å². The molecule has 1 N–H and O–H groups in total. The van der Waals surface area contributed by atoms with E-state index in [0.717, 1.165) is 73.7 Å². The topological polar surface area (TPSA) is 161 Å². The molecular formula is C46H47N3O10S. The molecule has 0 unspecified atom stereocenters. The minimum atomic E-state index is -0.671. The Morgan fingerprint density at radius 1 is 0.617 bits per heavy atom. The number of anilines is 1. The summed E-state index contributed by atoms with van der Waals surface area (Å²) in [4.78, 5) is 53.5. The summed E-state index contributed by atoms with van der Waals surface area (Å²) in [5, 5.41) is 4.92. The molecule has 0 aliphatic carbocycles. The first kappa shape index (κ1) is 44.3. The molecular weight excluding hydrogens is 787 g/mol. The molecule has 60 heavy (non-hydrogen) atoms. The summed E-state index contributed by atoms with van der Waals surface area (Å²) < 4.78 is 34.2. The lowest BCUT2D eigenvalue weighted by atomic mass is 10.2. The number of aromatic nitrogens is 1.